The summed E-state index contributed by atoms with van der Waals surface area (Å²) in [5.41, 5.74) is 0. The number of rotatable bonds is 6. The summed E-state index contributed by atoms with van der Waals surface area (Å²) in [6, 6.07) is 1.31. The summed E-state index contributed by atoms with van der Waals surface area (Å²) in [4.78, 5) is 6.16. The fourth-order valence-electron chi connectivity index (χ4n) is 2.33. The molecular weight excluding hydrogens is 333 g/mol. The van der Waals surface area contributed by atoms with E-state index in [1.54, 1.807) is 0 Å². The molecule has 0 aromatic carbocycles. The van der Waals surface area contributed by atoms with Gasteiger partial charge in [-0.15, -0.1) is 0 Å². The predicted molar refractivity (Wildman–Crippen MR) is 84.4 cm³/mol. The minimum absolute atomic E-state index is 0.0369. The molecule has 0 radical (unpaired) electrons. The summed E-state index contributed by atoms with van der Waals surface area (Å²) >= 11 is 11.5. The van der Waals surface area contributed by atoms with Crippen LogP contribution in [0.25, 0.3) is 0 Å². The van der Waals surface area contributed by atoms with Gasteiger partial charge in [-0.1, -0.05) is 29.6 Å². The van der Waals surface area contributed by atoms with Crippen LogP contribution in [0.2, 0.25) is 10.2 Å². The number of halogens is 2. The van der Waals surface area contributed by atoms with Gasteiger partial charge in [0, 0.05) is 12.7 Å². The van der Waals surface area contributed by atoms with Crippen molar-refractivity contribution in [2.24, 2.45) is 0 Å². The van der Waals surface area contributed by atoms with E-state index in [0.717, 1.165) is 26.1 Å². The molecule has 1 saturated heterocycles. The summed E-state index contributed by atoms with van der Waals surface area (Å²) < 4.78 is 26.7. The van der Waals surface area contributed by atoms with Crippen molar-refractivity contribution < 1.29 is 8.42 Å². The number of aromatic nitrogens is 1. The fraction of sp³-hybridized carbons (Fsp3) is 0.615. The van der Waals surface area contributed by atoms with Gasteiger partial charge >= 0.3 is 0 Å². The third-order valence-corrected chi connectivity index (χ3v) is 5.59. The van der Waals surface area contributed by atoms with E-state index in [-0.39, 0.29) is 15.1 Å². The molecule has 1 fully saturated rings. The van der Waals surface area contributed by atoms with Crippen molar-refractivity contribution in [3.05, 3.63) is 22.4 Å². The van der Waals surface area contributed by atoms with Crippen molar-refractivity contribution in [1.29, 1.82) is 0 Å². The van der Waals surface area contributed by atoms with E-state index in [2.05, 4.69) is 14.6 Å². The van der Waals surface area contributed by atoms with Gasteiger partial charge in [0.15, 0.2) is 0 Å². The molecule has 5 nitrogen and oxygen atoms in total. The first-order valence-corrected chi connectivity index (χ1v) is 9.26. The van der Waals surface area contributed by atoms with E-state index in [0.29, 0.717) is 6.54 Å². The maximum Gasteiger partial charge on any atom is 0.242 e. The molecule has 21 heavy (non-hydrogen) atoms. The van der Waals surface area contributed by atoms with Crippen LogP contribution in [-0.2, 0) is 10.0 Å². The molecule has 1 N–H and O–H groups in total. The van der Waals surface area contributed by atoms with Crippen LogP contribution >= 0.6 is 23.2 Å². The number of nitrogens with one attached hydrogen (secondary N) is 1. The van der Waals surface area contributed by atoms with E-state index in [9.17, 15) is 8.42 Å². The van der Waals surface area contributed by atoms with Gasteiger partial charge in [0.25, 0.3) is 0 Å². The zero-order valence-corrected chi connectivity index (χ0v) is 14.0. The number of pyridine rings is 1. The highest BCUT2D eigenvalue weighted by atomic mass is 35.5. The quantitative estimate of drug-likeness (QED) is 0.631. The maximum atomic E-state index is 12.1. The molecule has 118 valence electrons. The minimum Gasteiger partial charge on any atom is -0.303 e. The van der Waals surface area contributed by atoms with Crippen molar-refractivity contribution in [1.82, 2.24) is 14.6 Å². The van der Waals surface area contributed by atoms with E-state index >= 15 is 0 Å². The van der Waals surface area contributed by atoms with Crippen LogP contribution in [0.3, 0.4) is 0 Å². The van der Waals surface area contributed by atoms with Gasteiger partial charge in [0.1, 0.15) is 10.0 Å². The molecule has 0 amide bonds. The van der Waals surface area contributed by atoms with E-state index in [1.807, 2.05) is 0 Å². The molecule has 2 rings (SSSR count). The van der Waals surface area contributed by atoms with Crippen LogP contribution in [0.5, 0.6) is 0 Å². The number of hydrogen-bond acceptors (Lipinski definition) is 4. The third kappa shape index (κ3) is 5.07. The lowest BCUT2D eigenvalue weighted by atomic mass is 10.1. The Morgan fingerprint density at radius 1 is 1.24 bits per heavy atom. The predicted octanol–water partition coefficient (Wildman–Crippen LogP) is 2.54. The number of hydrogen-bond donors (Lipinski definition) is 1. The largest absolute Gasteiger partial charge is 0.303 e. The highest BCUT2D eigenvalue weighted by molar-refractivity contribution is 7.89. The number of sulfonamides is 1. The lowest BCUT2D eigenvalue weighted by molar-refractivity contribution is 0.227. The van der Waals surface area contributed by atoms with Crippen molar-refractivity contribution in [3.8, 4) is 0 Å². The molecule has 2 heterocycles. The monoisotopic (exact) mass is 351 g/mol. The molecular formula is C13H19Cl2N3O2S. The van der Waals surface area contributed by atoms with Crippen LogP contribution in [0, 0.1) is 0 Å². The summed E-state index contributed by atoms with van der Waals surface area (Å²) in [5.74, 6) is 0. The molecule has 0 unspecified atom stereocenters. The normalized spacial score (nSPS) is 17.0. The second kappa shape index (κ2) is 7.74. The molecule has 0 aliphatic carbocycles. The first kappa shape index (κ1) is 17.0. The minimum atomic E-state index is -3.58. The van der Waals surface area contributed by atoms with E-state index < -0.39 is 10.0 Å². The Morgan fingerprint density at radius 2 is 1.95 bits per heavy atom. The maximum absolute atomic E-state index is 12.1. The highest BCUT2D eigenvalue weighted by Gasteiger charge is 2.16. The van der Waals surface area contributed by atoms with Gasteiger partial charge in [-0.25, -0.2) is 18.1 Å². The smallest absolute Gasteiger partial charge is 0.242 e. The lowest BCUT2D eigenvalue weighted by Gasteiger charge is -2.26. The molecule has 0 spiro atoms. The van der Waals surface area contributed by atoms with Crippen molar-refractivity contribution >= 4 is 33.2 Å². The average Bonchev–Trinajstić information content (AvgIpc) is 2.47. The van der Waals surface area contributed by atoms with Crippen molar-refractivity contribution in [2.75, 3.05) is 26.2 Å². The molecule has 0 saturated carbocycles. The van der Waals surface area contributed by atoms with E-state index in [4.69, 9.17) is 23.2 Å². The number of likely N-dealkylation sites (tertiary alicyclic amines) is 1. The number of piperidine rings is 1. The van der Waals surface area contributed by atoms with Crippen LogP contribution in [0.15, 0.2) is 17.2 Å². The standard InChI is InChI=1S/C13H19Cl2N3O2S/c14-12-9-11(10-16-13(12)15)21(19,20)17-5-4-8-18-6-2-1-3-7-18/h9-10,17H,1-8H2. The molecule has 1 aliphatic heterocycles. The Labute approximate surface area is 135 Å². The fourth-order valence-corrected chi connectivity index (χ4v) is 3.70. The first-order valence-electron chi connectivity index (χ1n) is 7.02. The van der Waals surface area contributed by atoms with Gasteiger partial charge in [-0.05, 0) is 45.0 Å². The average molecular weight is 352 g/mol. The molecule has 1 aromatic heterocycles. The third-order valence-electron chi connectivity index (χ3n) is 3.47. The lowest BCUT2D eigenvalue weighted by Crippen LogP contribution is -2.33. The molecule has 0 bridgehead atoms. The summed E-state index contributed by atoms with van der Waals surface area (Å²) in [7, 11) is -3.58. The van der Waals surface area contributed by atoms with Crippen molar-refractivity contribution in [2.45, 2.75) is 30.6 Å². The van der Waals surface area contributed by atoms with Gasteiger partial charge in [-0.3, -0.25) is 0 Å². The highest BCUT2D eigenvalue weighted by Crippen LogP contribution is 2.21. The van der Waals surface area contributed by atoms with Gasteiger partial charge in [0.2, 0.25) is 10.0 Å². The van der Waals surface area contributed by atoms with Gasteiger partial charge < -0.3 is 4.90 Å². The Balaban J connectivity index is 1.82. The summed E-state index contributed by atoms with van der Waals surface area (Å²) in [5, 5.41) is 0.230. The van der Waals surface area contributed by atoms with Crippen LogP contribution in [0.4, 0.5) is 0 Å². The second-order valence-electron chi connectivity index (χ2n) is 5.10. The molecule has 0 atom stereocenters. The zero-order chi connectivity index (χ0) is 15.3. The van der Waals surface area contributed by atoms with Gasteiger partial charge in [0.05, 0.1) is 5.02 Å². The molecule has 1 aromatic rings. The van der Waals surface area contributed by atoms with Gasteiger partial charge in [-0.2, -0.15) is 0 Å². The topological polar surface area (TPSA) is 62.3 Å². The second-order valence-corrected chi connectivity index (χ2v) is 7.63. The Kier molecular flexibility index (Phi) is 6.25. The summed E-state index contributed by atoms with van der Waals surface area (Å²) in [6.45, 7) is 3.55. The van der Waals surface area contributed by atoms with Crippen molar-refractivity contribution in [3.63, 3.8) is 0 Å². The Hall–Kier alpha value is -0.400. The molecule has 1 aliphatic rings. The van der Waals surface area contributed by atoms with Crippen LogP contribution < -0.4 is 4.72 Å². The number of nitrogens with zero attached hydrogens (tertiary/aromatic N) is 2. The Morgan fingerprint density at radius 3 is 2.62 bits per heavy atom. The SMILES string of the molecule is O=S(=O)(NCCCN1CCCCC1)c1cnc(Cl)c(Cl)c1. The molecule has 8 heteroatoms. The zero-order valence-electron chi connectivity index (χ0n) is 11.7. The van der Waals surface area contributed by atoms with Crippen LogP contribution in [0.1, 0.15) is 25.7 Å². The first-order chi connectivity index (χ1) is 9.99. The van der Waals surface area contributed by atoms with Crippen LogP contribution in [-0.4, -0.2) is 44.5 Å². The Bertz CT molecular complexity index is 575. The van der Waals surface area contributed by atoms with E-state index in [1.165, 1.54) is 31.5 Å². The summed E-state index contributed by atoms with van der Waals surface area (Å²) in [6.07, 6.45) is 5.77.